The van der Waals surface area contributed by atoms with E-state index in [0.717, 1.165) is 12.1 Å². The average Bonchev–Trinajstić information content (AvgIpc) is 3.06. The minimum Gasteiger partial charge on any atom is -0.491 e. The summed E-state index contributed by atoms with van der Waals surface area (Å²) in [5, 5.41) is 31.3. The van der Waals surface area contributed by atoms with Gasteiger partial charge in [-0.15, -0.1) is 0 Å². The molecular weight excluding hydrogens is 453 g/mol. The van der Waals surface area contributed by atoms with Crippen molar-refractivity contribution in [2.75, 3.05) is 13.7 Å². The Bertz CT molecular complexity index is 797. The van der Waals surface area contributed by atoms with Crippen LogP contribution in [0.3, 0.4) is 0 Å². The van der Waals surface area contributed by atoms with Gasteiger partial charge in [0.25, 0.3) is 0 Å². The maximum Gasteiger partial charge on any atom is 0.416 e. The summed E-state index contributed by atoms with van der Waals surface area (Å²) in [5.41, 5.74) is -0.822. The van der Waals surface area contributed by atoms with Gasteiger partial charge in [0.2, 0.25) is 0 Å². The molecule has 0 amide bonds. The van der Waals surface area contributed by atoms with E-state index in [-0.39, 0.29) is 48.9 Å². The summed E-state index contributed by atoms with van der Waals surface area (Å²) in [5.74, 6) is -0.804. The number of hydrogen-bond donors (Lipinski definition) is 3. The maximum absolute atomic E-state index is 12.8. The fraction of sp³-hybridized carbons (Fsp3) is 0.640. The van der Waals surface area contributed by atoms with Crippen molar-refractivity contribution >= 4 is 5.97 Å². The Kier molecular flexibility index (Phi) is 10.9. The standard InChI is InChI=1S/C25H35F3O6/c1-16(12-18(29)15-34-19-9-7-8-17(13-19)25(26,27)28)24-20(21(30)14-22(24)31)10-5-3-4-6-11-23(32)33-2/h3,5,7-9,13,16,18,20-22,24,29-31H,4,6,10-12,14-15H2,1-2H3/b5-3-/t16?,18-,20+,21+,22-,24-/m1/s1. The molecule has 6 nitrogen and oxygen atoms in total. The number of halogens is 3. The van der Waals surface area contributed by atoms with E-state index >= 15 is 0 Å². The zero-order valence-corrected chi connectivity index (χ0v) is 19.6. The van der Waals surface area contributed by atoms with Gasteiger partial charge in [0, 0.05) is 6.42 Å². The maximum atomic E-state index is 12.8. The number of carbonyl (C=O) groups excluding carboxylic acids is 1. The number of unbranched alkanes of at least 4 members (excludes halogenated alkanes) is 1. The molecule has 0 bridgehead atoms. The van der Waals surface area contributed by atoms with Gasteiger partial charge in [-0.2, -0.15) is 13.2 Å². The molecule has 6 atom stereocenters. The first-order valence-corrected chi connectivity index (χ1v) is 11.6. The van der Waals surface area contributed by atoms with Crippen LogP contribution in [-0.4, -0.2) is 53.3 Å². The molecule has 34 heavy (non-hydrogen) atoms. The molecule has 1 aliphatic carbocycles. The first-order chi connectivity index (χ1) is 16.0. The molecule has 1 fully saturated rings. The Labute approximate surface area is 198 Å². The molecule has 1 aliphatic rings. The monoisotopic (exact) mass is 488 g/mol. The fourth-order valence-electron chi connectivity index (χ4n) is 4.68. The number of benzene rings is 1. The van der Waals surface area contributed by atoms with Gasteiger partial charge in [0.1, 0.15) is 12.4 Å². The van der Waals surface area contributed by atoms with Gasteiger partial charge in [-0.05, 0) is 68.1 Å². The second-order valence-electron chi connectivity index (χ2n) is 8.99. The van der Waals surface area contributed by atoms with E-state index in [2.05, 4.69) is 4.74 Å². The molecule has 0 spiro atoms. The Balaban J connectivity index is 1.86. The number of aliphatic hydroxyl groups excluding tert-OH is 3. The summed E-state index contributed by atoms with van der Waals surface area (Å²) in [7, 11) is 1.35. The third-order valence-corrected chi connectivity index (χ3v) is 6.37. The predicted molar refractivity (Wildman–Crippen MR) is 120 cm³/mol. The van der Waals surface area contributed by atoms with Crippen molar-refractivity contribution in [2.45, 2.75) is 69.9 Å². The second-order valence-corrected chi connectivity index (χ2v) is 8.99. The van der Waals surface area contributed by atoms with Crippen LogP contribution < -0.4 is 4.74 Å². The number of alkyl halides is 3. The molecule has 1 saturated carbocycles. The summed E-state index contributed by atoms with van der Waals surface area (Å²) in [6.45, 7) is 1.70. The number of methoxy groups -OCH3 is 1. The van der Waals surface area contributed by atoms with Crippen LogP contribution in [0.2, 0.25) is 0 Å². The number of ether oxygens (including phenoxy) is 2. The highest BCUT2D eigenvalue weighted by atomic mass is 19.4. The Morgan fingerprint density at radius 2 is 1.97 bits per heavy atom. The molecule has 1 aromatic carbocycles. The van der Waals surface area contributed by atoms with Crippen LogP contribution in [0.25, 0.3) is 0 Å². The molecule has 0 saturated heterocycles. The summed E-state index contributed by atoms with van der Waals surface area (Å²) in [6, 6.07) is 4.49. The summed E-state index contributed by atoms with van der Waals surface area (Å²) >= 11 is 0. The van der Waals surface area contributed by atoms with E-state index in [1.54, 1.807) is 0 Å². The van der Waals surface area contributed by atoms with Crippen LogP contribution >= 0.6 is 0 Å². The minimum atomic E-state index is -4.48. The first-order valence-electron chi connectivity index (χ1n) is 11.6. The Morgan fingerprint density at radius 1 is 1.24 bits per heavy atom. The Hall–Kier alpha value is -2.10. The predicted octanol–water partition coefficient (Wildman–Crippen LogP) is 4.12. The van der Waals surface area contributed by atoms with Crippen LogP contribution in [0.1, 0.15) is 51.0 Å². The highest BCUT2D eigenvalue weighted by molar-refractivity contribution is 5.69. The van der Waals surface area contributed by atoms with E-state index in [9.17, 15) is 33.3 Å². The van der Waals surface area contributed by atoms with Crippen LogP contribution in [0.5, 0.6) is 5.75 Å². The molecule has 192 valence electrons. The number of esters is 1. The Morgan fingerprint density at radius 3 is 2.65 bits per heavy atom. The van der Waals surface area contributed by atoms with Crippen molar-refractivity contribution in [3.05, 3.63) is 42.0 Å². The van der Waals surface area contributed by atoms with Crippen LogP contribution in [0.4, 0.5) is 13.2 Å². The van der Waals surface area contributed by atoms with Crippen molar-refractivity contribution in [2.24, 2.45) is 17.8 Å². The molecule has 0 radical (unpaired) electrons. The van der Waals surface area contributed by atoms with Crippen LogP contribution in [0.15, 0.2) is 36.4 Å². The summed E-state index contributed by atoms with van der Waals surface area (Å²) < 4.78 is 48.5. The molecule has 1 unspecified atom stereocenters. The number of hydrogen-bond acceptors (Lipinski definition) is 6. The van der Waals surface area contributed by atoms with E-state index in [1.807, 2.05) is 19.1 Å². The van der Waals surface area contributed by atoms with Crippen molar-refractivity contribution in [3.8, 4) is 5.75 Å². The third kappa shape index (κ3) is 8.60. The molecule has 0 aliphatic heterocycles. The topological polar surface area (TPSA) is 96.2 Å². The average molecular weight is 489 g/mol. The highest BCUT2D eigenvalue weighted by Crippen LogP contribution is 2.41. The summed E-state index contributed by atoms with van der Waals surface area (Å²) in [6.07, 6.45) is -0.118. The van der Waals surface area contributed by atoms with Gasteiger partial charge in [0.15, 0.2) is 0 Å². The lowest BCUT2D eigenvalue weighted by Crippen LogP contribution is -2.31. The molecule has 9 heteroatoms. The van der Waals surface area contributed by atoms with E-state index in [1.165, 1.54) is 19.2 Å². The van der Waals surface area contributed by atoms with Gasteiger partial charge < -0.3 is 24.8 Å². The zero-order chi connectivity index (χ0) is 25.3. The van der Waals surface area contributed by atoms with E-state index in [4.69, 9.17) is 4.74 Å². The molecule has 3 N–H and O–H groups in total. The fourth-order valence-corrected chi connectivity index (χ4v) is 4.68. The van der Waals surface area contributed by atoms with Crippen molar-refractivity contribution < 1.29 is 42.8 Å². The van der Waals surface area contributed by atoms with Crippen LogP contribution in [-0.2, 0) is 15.7 Å². The molecule has 0 heterocycles. The lowest BCUT2D eigenvalue weighted by atomic mass is 9.79. The van der Waals surface area contributed by atoms with Crippen molar-refractivity contribution in [3.63, 3.8) is 0 Å². The van der Waals surface area contributed by atoms with Crippen molar-refractivity contribution in [1.82, 2.24) is 0 Å². The largest absolute Gasteiger partial charge is 0.491 e. The smallest absolute Gasteiger partial charge is 0.416 e. The highest BCUT2D eigenvalue weighted by Gasteiger charge is 2.43. The minimum absolute atomic E-state index is 0.0214. The van der Waals surface area contributed by atoms with Crippen molar-refractivity contribution in [1.29, 1.82) is 0 Å². The quantitative estimate of drug-likeness (QED) is 0.233. The SMILES string of the molecule is COC(=O)CCC/C=C\C[C@@H]1[C@@H](C(C)C[C@@H](O)COc2cccc(C(F)(F)F)c2)[C@H](O)C[C@@H]1O. The molecule has 1 aromatic rings. The summed E-state index contributed by atoms with van der Waals surface area (Å²) in [4.78, 5) is 11.1. The molecule has 0 aromatic heterocycles. The van der Waals surface area contributed by atoms with Gasteiger partial charge in [-0.1, -0.05) is 25.1 Å². The van der Waals surface area contributed by atoms with E-state index < -0.39 is 30.1 Å². The van der Waals surface area contributed by atoms with Gasteiger partial charge >= 0.3 is 12.1 Å². The number of carbonyl (C=O) groups is 1. The lowest BCUT2D eigenvalue weighted by Gasteiger charge is -2.30. The first kappa shape index (κ1) is 28.1. The third-order valence-electron chi connectivity index (χ3n) is 6.37. The van der Waals surface area contributed by atoms with Gasteiger partial charge in [-0.25, -0.2) is 0 Å². The van der Waals surface area contributed by atoms with Crippen LogP contribution in [0, 0.1) is 17.8 Å². The molecular formula is C25H35F3O6. The number of rotatable bonds is 12. The normalized spacial score (nSPS) is 24.8. The second kappa shape index (κ2) is 13.1. The van der Waals surface area contributed by atoms with Gasteiger partial charge in [0.05, 0.1) is 31.0 Å². The van der Waals surface area contributed by atoms with Gasteiger partial charge in [-0.3, -0.25) is 4.79 Å². The zero-order valence-electron chi connectivity index (χ0n) is 19.6. The molecule has 2 rings (SSSR count). The number of allylic oxidation sites excluding steroid dienone is 2. The van der Waals surface area contributed by atoms with E-state index in [0.29, 0.717) is 25.7 Å². The number of aliphatic hydroxyl groups is 3. The lowest BCUT2D eigenvalue weighted by molar-refractivity contribution is -0.140.